The zero-order valence-electron chi connectivity index (χ0n) is 9.70. The van der Waals surface area contributed by atoms with E-state index < -0.39 is 0 Å². The normalized spacial score (nSPS) is 9.81. The van der Waals surface area contributed by atoms with Crippen LogP contribution in [0.25, 0.3) is 0 Å². The fourth-order valence-electron chi connectivity index (χ4n) is 1.24. The second kappa shape index (κ2) is 5.21. The number of carbonyl (C=O) groups is 1. The molecule has 0 atom stereocenters. The lowest BCUT2D eigenvalue weighted by Gasteiger charge is -2.15. The molecule has 5 heteroatoms. The monoisotopic (exact) mass is 287 g/mol. The molecule has 0 fully saturated rings. The van der Waals surface area contributed by atoms with Gasteiger partial charge in [0.05, 0.1) is 24.3 Å². The number of carbonyl (C=O) groups excluding carboxylic acids is 1. The predicted molar refractivity (Wildman–Crippen MR) is 65.3 cm³/mol. The van der Waals surface area contributed by atoms with Gasteiger partial charge in [-0.05, 0) is 22.0 Å². The molecular formula is C11H14BrNO3. The van der Waals surface area contributed by atoms with Crippen molar-refractivity contribution in [1.82, 2.24) is 4.90 Å². The lowest BCUT2D eigenvalue weighted by molar-refractivity contribution is 0.0826. The van der Waals surface area contributed by atoms with E-state index in [-0.39, 0.29) is 5.91 Å². The van der Waals surface area contributed by atoms with Gasteiger partial charge in [0.2, 0.25) is 0 Å². The van der Waals surface area contributed by atoms with Gasteiger partial charge >= 0.3 is 0 Å². The highest BCUT2D eigenvalue weighted by atomic mass is 79.9. The van der Waals surface area contributed by atoms with Gasteiger partial charge in [-0.25, -0.2) is 0 Å². The molecule has 0 saturated heterocycles. The summed E-state index contributed by atoms with van der Waals surface area (Å²) < 4.78 is 10.9. The van der Waals surface area contributed by atoms with Crippen LogP contribution in [-0.4, -0.2) is 39.1 Å². The van der Waals surface area contributed by atoms with E-state index in [4.69, 9.17) is 9.47 Å². The van der Waals surface area contributed by atoms with Crippen LogP contribution in [0.2, 0.25) is 0 Å². The van der Waals surface area contributed by atoms with Crippen LogP contribution >= 0.6 is 15.9 Å². The van der Waals surface area contributed by atoms with Crippen LogP contribution in [0.4, 0.5) is 0 Å². The van der Waals surface area contributed by atoms with Gasteiger partial charge in [0, 0.05) is 20.2 Å². The summed E-state index contributed by atoms with van der Waals surface area (Å²) in [7, 11) is 6.48. The fraction of sp³-hybridized carbons (Fsp3) is 0.364. The van der Waals surface area contributed by atoms with E-state index in [1.807, 2.05) is 0 Å². The second-order valence-electron chi connectivity index (χ2n) is 3.39. The number of nitrogens with zero attached hydrogens (tertiary/aromatic N) is 1. The van der Waals surface area contributed by atoms with Crippen LogP contribution in [0, 0.1) is 0 Å². The van der Waals surface area contributed by atoms with Crippen molar-refractivity contribution in [1.29, 1.82) is 0 Å². The third kappa shape index (κ3) is 2.47. The largest absolute Gasteiger partial charge is 0.497 e. The molecule has 1 rings (SSSR count). The zero-order valence-corrected chi connectivity index (χ0v) is 11.3. The van der Waals surface area contributed by atoms with Crippen molar-refractivity contribution in [2.45, 2.75) is 0 Å². The molecule has 0 aromatic heterocycles. The molecule has 0 aliphatic rings. The Kier molecular flexibility index (Phi) is 4.18. The van der Waals surface area contributed by atoms with E-state index in [9.17, 15) is 4.79 Å². The Hall–Kier alpha value is -1.23. The van der Waals surface area contributed by atoms with Gasteiger partial charge < -0.3 is 14.4 Å². The molecule has 4 nitrogen and oxygen atoms in total. The Labute approximate surface area is 103 Å². The molecule has 0 radical (unpaired) electrons. The van der Waals surface area contributed by atoms with E-state index in [1.54, 1.807) is 40.4 Å². The Morgan fingerprint density at radius 2 is 1.88 bits per heavy atom. The summed E-state index contributed by atoms with van der Waals surface area (Å²) in [5.41, 5.74) is 0.515. The van der Waals surface area contributed by atoms with E-state index in [1.165, 1.54) is 4.90 Å². The van der Waals surface area contributed by atoms with Gasteiger partial charge in [0.1, 0.15) is 11.5 Å². The summed E-state index contributed by atoms with van der Waals surface area (Å²) >= 11 is 3.35. The first kappa shape index (κ1) is 12.8. The Bertz CT molecular complexity index is 404. The number of halogens is 1. The van der Waals surface area contributed by atoms with Crippen LogP contribution in [-0.2, 0) is 0 Å². The highest BCUT2D eigenvalue weighted by Gasteiger charge is 2.17. The van der Waals surface area contributed by atoms with Crippen LogP contribution in [0.5, 0.6) is 11.5 Å². The van der Waals surface area contributed by atoms with Crippen LogP contribution in [0.3, 0.4) is 0 Å². The minimum Gasteiger partial charge on any atom is -0.497 e. The van der Waals surface area contributed by atoms with Gasteiger partial charge in [0.15, 0.2) is 0 Å². The van der Waals surface area contributed by atoms with Crippen molar-refractivity contribution in [3.05, 3.63) is 22.2 Å². The molecule has 0 N–H and O–H groups in total. The van der Waals surface area contributed by atoms with Crippen LogP contribution < -0.4 is 9.47 Å². The molecule has 1 aromatic carbocycles. The van der Waals surface area contributed by atoms with Crippen LogP contribution in [0.1, 0.15) is 10.4 Å². The number of methoxy groups -OCH3 is 2. The first-order valence-corrected chi connectivity index (χ1v) is 5.43. The first-order chi connectivity index (χ1) is 7.51. The lowest BCUT2D eigenvalue weighted by Crippen LogP contribution is -2.22. The predicted octanol–water partition coefficient (Wildman–Crippen LogP) is 2.17. The number of amides is 1. The maximum absolute atomic E-state index is 11.9. The number of rotatable bonds is 3. The Morgan fingerprint density at radius 3 is 2.31 bits per heavy atom. The summed E-state index contributed by atoms with van der Waals surface area (Å²) in [4.78, 5) is 13.4. The number of hydrogen-bond acceptors (Lipinski definition) is 3. The zero-order chi connectivity index (χ0) is 12.3. The third-order valence-electron chi connectivity index (χ3n) is 2.10. The number of hydrogen-bond donors (Lipinski definition) is 0. The second-order valence-corrected chi connectivity index (χ2v) is 4.18. The van der Waals surface area contributed by atoms with E-state index >= 15 is 0 Å². The lowest BCUT2D eigenvalue weighted by atomic mass is 10.2. The minimum atomic E-state index is -0.107. The first-order valence-electron chi connectivity index (χ1n) is 4.64. The SMILES string of the molecule is COc1cc(OC)c(Br)c(C(=O)N(C)C)c1. The highest BCUT2D eigenvalue weighted by Crippen LogP contribution is 2.33. The molecule has 0 aliphatic heterocycles. The van der Waals surface area contributed by atoms with Gasteiger partial charge in [0.25, 0.3) is 5.91 Å². The average molecular weight is 288 g/mol. The Balaban J connectivity index is 3.31. The summed E-state index contributed by atoms with van der Waals surface area (Å²) in [6.45, 7) is 0. The standard InChI is InChI=1S/C11H14BrNO3/c1-13(2)11(14)8-5-7(15-3)6-9(16-4)10(8)12/h5-6H,1-4H3. The molecule has 0 saturated carbocycles. The van der Waals surface area contributed by atoms with Crippen molar-refractivity contribution < 1.29 is 14.3 Å². The highest BCUT2D eigenvalue weighted by molar-refractivity contribution is 9.10. The molecule has 0 unspecified atom stereocenters. The topological polar surface area (TPSA) is 38.8 Å². The van der Waals surface area contributed by atoms with Gasteiger partial charge in [-0.3, -0.25) is 4.79 Å². The molecule has 88 valence electrons. The van der Waals surface area contributed by atoms with Crippen LogP contribution in [0.15, 0.2) is 16.6 Å². The minimum absolute atomic E-state index is 0.107. The van der Waals surface area contributed by atoms with Crippen molar-refractivity contribution >= 4 is 21.8 Å². The summed E-state index contributed by atoms with van der Waals surface area (Å²) in [5.74, 6) is 1.05. The van der Waals surface area contributed by atoms with Crippen molar-refractivity contribution in [3.63, 3.8) is 0 Å². The maximum Gasteiger partial charge on any atom is 0.254 e. The smallest absolute Gasteiger partial charge is 0.254 e. The Morgan fingerprint density at radius 1 is 1.25 bits per heavy atom. The van der Waals surface area contributed by atoms with Crippen molar-refractivity contribution in [3.8, 4) is 11.5 Å². The van der Waals surface area contributed by atoms with Crippen molar-refractivity contribution in [2.24, 2.45) is 0 Å². The van der Waals surface area contributed by atoms with Gasteiger partial charge in [-0.15, -0.1) is 0 Å². The average Bonchev–Trinajstić information content (AvgIpc) is 2.28. The van der Waals surface area contributed by atoms with E-state index in [0.29, 0.717) is 21.5 Å². The fourth-order valence-corrected chi connectivity index (χ4v) is 1.80. The summed E-state index contributed by atoms with van der Waals surface area (Å²) in [6, 6.07) is 3.39. The molecule has 1 amide bonds. The number of benzene rings is 1. The van der Waals surface area contributed by atoms with Gasteiger partial charge in [-0.2, -0.15) is 0 Å². The van der Waals surface area contributed by atoms with E-state index in [0.717, 1.165) is 0 Å². The third-order valence-corrected chi connectivity index (χ3v) is 2.92. The summed E-state index contributed by atoms with van der Waals surface area (Å²) in [5, 5.41) is 0. The molecule has 0 aliphatic carbocycles. The molecular weight excluding hydrogens is 274 g/mol. The molecule has 0 heterocycles. The molecule has 16 heavy (non-hydrogen) atoms. The summed E-state index contributed by atoms with van der Waals surface area (Å²) in [6.07, 6.45) is 0. The molecule has 1 aromatic rings. The van der Waals surface area contributed by atoms with E-state index in [2.05, 4.69) is 15.9 Å². The van der Waals surface area contributed by atoms with Crippen molar-refractivity contribution in [2.75, 3.05) is 28.3 Å². The van der Waals surface area contributed by atoms with Gasteiger partial charge in [-0.1, -0.05) is 0 Å². The number of ether oxygens (including phenoxy) is 2. The maximum atomic E-state index is 11.9. The molecule has 0 bridgehead atoms. The quantitative estimate of drug-likeness (QED) is 0.855. The molecule has 0 spiro atoms.